The van der Waals surface area contributed by atoms with Gasteiger partial charge in [-0.05, 0) is 5.56 Å². The molecule has 1 aliphatic rings. The van der Waals surface area contributed by atoms with Gasteiger partial charge < -0.3 is 19.7 Å². The number of hydrogen-bond donors (Lipinski definition) is 1. The van der Waals surface area contributed by atoms with E-state index in [0.717, 1.165) is 11.4 Å². The summed E-state index contributed by atoms with van der Waals surface area (Å²) in [5.74, 6) is 0.831. The maximum Gasteiger partial charge on any atom is 0.318 e. The molecule has 0 aliphatic carbocycles. The van der Waals surface area contributed by atoms with Gasteiger partial charge in [-0.15, -0.1) is 0 Å². The topological polar surface area (TPSA) is 70.5 Å². The lowest BCUT2D eigenvalue weighted by Gasteiger charge is -2.35. The first-order valence-corrected chi connectivity index (χ1v) is 8.39. The highest BCUT2D eigenvalue weighted by Gasteiger charge is 2.26. The zero-order valence-electron chi connectivity index (χ0n) is 14.6. The quantitative estimate of drug-likeness (QED) is 0.917. The molecule has 2 aromatic rings. The number of urea groups is 1. The number of imidazole rings is 1. The van der Waals surface area contributed by atoms with E-state index in [1.165, 1.54) is 0 Å². The van der Waals surface area contributed by atoms with Crippen LogP contribution in [0.5, 0.6) is 0 Å². The van der Waals surface area contributed by atoms with Crippen molar-refractivity contribution in [1.29, 1.82) is 0 Å². The molecule has 1 fully saturated rings. The second-order valence-corrected chi connectivity index (χ2v) is 6.18. The molecule has 1 aliphatic heterocycles. The third-order valence-electron chi connectivity index (χ3n) is 4.53. The molecule has 25 heavy (non-hydrogen) atoms. The van der Waals surface area contributed by atoms with Crippen LogP contribution in [0.3, 0.4) is 0 Å². The van der Waals surface area contributed by atoms with Gasteiger partial charge in [0.25, 0.3) is 0 Å². The van der Waals surface area contributed by atoms with Gasteiger partial charge in [0.15, 0.2) is 0 Å². The van der Waals surface area contributed by atoms with Crippen molar-refractivity contribution in [3.63, 3.8) is 0 Å². The third-order valence-corrected chi connectivity index (χ3v) is 4.53. The number of rotatable bonds is 3. The number of carbonyl (C=O) groups is 2. The molecular formula is C18H23N5O2. The standard InChI is InChI=1S/C18H23N5O2/c1-14(24)22-10-12-23(13-11-22)18(25)20-16(15-6-4-3-5-7-15)17-19-8-9-21(17)2/h3-9,16H,10-13H2,1-2H3,(H,20,25)/t16-/m1/s1. The van der Waals surface area contributed by atoms with E-state index in [-0.39, 0.29) is 18.0 Å². The minimum atomic E-state index is -0.320. The average molecular weight is 341 g/mol. The largest absolute Gasteiger partial charge is 0.339 e. The minimum Gasteiger partial charge on any atom is -0.339 e. The van der Waals surface area contributed by atoms with Gasteiger partial charge in [-0.1, -0.05) is 30.3 Å². The predicted octanol–water partition coefficient (Wildman–Crippen LogP) is 1.38. The summed E-state index contributed by atoms with van der Waals surface area (Å²) in [6.07, 6.45) is 3.59. The predicted molar refractivity (Wildman–Crippen MR) is 93.9 cm³/mol. The van der Waals surface area contributed by atoms with E-state index in [9.17, 15) is 9.59 Å². The summed E-state index contributed by atoms with van der Waals surface area (Å²) in [5.41, 5.74) is 0.979. The number of benzene rings is 1. The number of hydrogen-bond acceptors (Lipinski definition) is 3. The van der Waals surface area contributed by atoms with Gasteiger partial charge in [-0.3, -0.25) is 4.79 Å². The molecule has 0 saturated carbocycles. The van der Waals surface area contributed by atoms with Crippen LogP contribution in [-0.2, 0) is 11.8 Å². The molecule has 7 heteroatoms. The molecule has 0 radical (unpaired) electrons. The summed E-state index contributed by atoms with van der Waals surface area (Å²) >= 11 is 0. The number of aryl methyl sites for hydroxylation is 1. The molecule has 1 N–H and O–H groups in total. The van der Waals surface area contributed by atoms with Gasteiger partial charge in [0.2, 0.25) is 5.91 Å². The van der Waals surface area contributed by atoms with Crippen molar-refractivity contribution >= 4 is 11.9 Å². The number of carbonyl (C=O) groups excluding carboxylic acids is 2. The van der Waals surface area contributed by atoms with Crippen molar-refractivity contribution in [2.24, 2.45) is 7.05 Å². The second-order valence-electron chi connectivity index (χ2n) is 6.18. The van der Waals surface area contributed by atoms with E-state index in [0.29, 0.717) is 26.2 Å². The first-order chi connectivity index (χ1) is 12.1. The molecule has 0 bridgehead atoms. The summed E-state index contributed by atoms with van der Waals surface area (Å²) < 4.78 is 1.91. The van der Waals surface area contributed by atoms with Crippen LogP contribution in [0.1, 0.15) is 24.4 Å². The monoisotopic (exact) mass is 341 g/mol. The molecule has 3 rings (SSSR count). The van der Waals surface area contributed by atoms with Crippen LogP contribution in [-0.4, -0.2) is 57.5 Å². The Morgan fingerprint density at radius 2 is 1.72 bits per heavy atom. The lowest BCUT2D eigenvalue weighted by molar-refractivity contribution is -0.130. The Hall–Kier alpha value is -2.83. The fourth-order valence-corrected chi connectivity index (χ4v) is 3.04. The minimum absolute atomic E-state index is 0.0511. The zero-order valence-corrected chi connectivity index (χ0v) is 14.6. The Morgan fingerprint density at radius 3 is 2.28 bits per heavy atom. The SMILES string of the molecule is CC(=O)N1CCN(C(=O)N[C@H](c2ccccc2)c2nccn2C)CC1. The van der Waals surface area contributed by atoms with E-state index in [2.05, 4.69) is 10.3 Å². The molecule has 0 spiro atoms. The normalized spacial score (nSPS) is 15.8. The molecule has 1 aromatic heterocycles. The third kappa shape index (κ3) is 3.81. The highest BCUT2D eigenvalue weighted by atomic mass is 16.2. The zero-order chi connectivity index (χ0) is 17.8. The van der Waals surface area contributed by atoms with Gasteiger partial charge in [-0.2, -0.15) is 0 Å². The van der Waals surface area contributed by atoms with Crippen LogP contribution < -0.4 is 5.32 Å². The van der Waals surface area contributed by atoms with Gasteiger partial charge in [0, 0.05) is 52.5 Å². The fraction of sp³-hybridized carbons (Fsp3) is 0.389. The first-order valence-electron chi connectivity index (χ1n) is 8.39. The smallest absolute Gasteiger partial charge is 0.318 e. The van der Waals surface area contributed by atoms with E-state index in [4.69, 9.17) is 0 Å². The highest BCUT2D eigenvalue weighted by Crippen LogP contribution is 2.20. The summed E-state index contributed by atoms with van der Waals surface area (Å²) in [7, 11) is 1.91. The van der Waals surface area contributed by atoms with E-state index < -0.39 is 0 Å². The van der Waals surface area contributed by atoms with Gasteiger partial charge in [-0.25, -0.2) is 9.78 Å². The molecule has 1 aromatic carbocycles. The Kier molecular flexibility index (Phi) is 5.02. The van der Waals surface area contributed by atoms with Crippen molar-refractivity contribution in [3.8, 4) is 0 Å². The van der Waals surface area contributed by atoms with Crippen LogP contribution in [0.2, 0.25) is 0 Å². The Bertz CT molecular complexity index is 735. The lowest BCUT2D eigenvalue weighted by atomic mass is 10.1. The summed E-state index contributed by atoms with van der Waals surface area (Å²) in [4.78, 5) is 32.1. The Labute approximate surface area is 147 Å². The van der Waals surface area contributed by atoms with Crippen LogP contribution >= 0.6 is 0 Å². The van der Waals surface area contributed by atoms with Crippen LogP contribution in [0.25, 0.3) is 0 Å². The van der Waals surface area contributed by atoms with Gasteiger partial charge in [0.1, 0.15) is 11.9 Å². The van der Waals surface area contributed by atoms with Gasteiger partial charge in [0.05, 0.1) is 0 Å². The first kappa shape index (κ1) is 17.0. The summed E-state index contributed by atoms with van der Waals surface area (Å²) in [6.45, 7) is 3.77. The summed E-state index contributed by atoms with van der Waals surface area (Å²) in [6, 6.07) is 9.34. The maximum absolute atomic E-state index is 12.7. The maximum atomic E-state index is 12.7. The molecule has 3 amide bonds. The van der Waals surface area contributed by atoms with Crippen molar-refractivity contribution in [3.05, 3.63) is 54.1 Å². The van der Waals surface area contributed by atoms with Crippen molar-refractivity contribution in [2.75, 3.05) is 26.2 Å². The van der Waals surface area contributed by atoms with E-state index in [1.54, 1.807) is 22.9 Å². The summed E-state index contributed by atoms with van der Waals surface area (Å²) in [5, 5.41) is 3.09. The number of amides is 3. The number of aromatic nitrogens is 2. The van der Waals surface area contributed by atoms with Crippen molar-refractivity contribution in [2.45, 2.75) is 13.0 Å². The van der Waals surface area contributed by atoms with Crippen molar-refractivity contribution in [1.82, 2.24) is 24.7 Å². The van der Waals surface area contributed by atoms with E-state index >= 15 is 0 Å². The van der Waals surface area contributed by atoms with Crippen molar-refractivity contribution < 1.29 is 9.59 Å². The van der Waals surface area contributed by atoms with Crippen LogP contribution in [0.4, 0.5) is 4.79 Å². The molecule has 7 nitrogen and oxygen atoms in total. The highest BCUT2D eigenvalue weighted by molar-refractivity contribution is 5.76. The Balaban J connectivity index is 1.74. The average Bonchev–Trinajstić information content (AvgIpc) is 3.06. The molecule has 132 valence electrons. The molecule has 2 heterocycles. The lowest BCUT2D eigenvalue weighted by Crippen LogP contribution is -2.53. The molecule has 1 atom stereocenters. The number of piperazine rings is 1. The second kappa shape index (κ2) is 7.38. The van der Waals surface area contributed by atoms with Crippen LogP contribution in [0, 0.1) is 0 Å². The Morgan fingerprint density at radius 1 is 1.08 bits per heavy atom. The number of nitrogens with one attached hydrogen (secondary N) is 1. The molecular weight excluding hydrogens is 318 g/mol. The van der Waals surface area contributed by atoms with Gasteiger partial charge >= 0.3 is 6.03 Å². The molecule has 1 saturated heterocycles. The molecule has 0 unspecified atom stereocenters. The fourth-order valence-electron chi connectivity index (χ4n) is 3.04. The van der Waals surface area contributed by atoms with Crippen LogP contribution in [0.15, 0.2) is 42.7 Å². The van der Waals surface area contributed by atoms with E-state index in [1.807, 2.05) is 48.1 Å². The number of nitrogens with zero attached hydrogens (tertiary/aromatic N) is 4.